The Morgan fingerprint density at radius 2 is 1.55 bits per heavy atom. The molecule has 31 heavy (non-hydrogen) atoms. The quantitative estimate of drug-likeness (QED) is 0.503. The fourth-order valence-electron chi connectivity index (χ4n) is 3.28. The van der Waals surface area contributed by atoms with Gasteiger partial charge >= 0.3 is 190 Å². The normalized spacial score (nSPS) is 19.1. The van der Waals surface area contributed by atoms with E-state index in [2.05, 4.69) is 11.8 Å². The van der Waals surface area contributed by atoms with Crippen molar-refractivity contribution in [1.29, 1.82) is 0 Å². The van der Waals surface area contributed by atoms with Crippen molar-refractivity contribution in [3.8, 4) is 0 Å². The van der Waals surface area contributed by atoms with Crippen LogP contribution in [-0.2, 0) is 12.3 Å². The van der Waals surface area contributed by atoms with Gasteiger partial charge in [0, 0.05) is 0 Å². The number of benzene rings is 2. The Bertz CT molecular complexity index is 794. The van der Waals surface area contributed by atoms with Gasteiger partial charge in [0.2, 0.25) is 0 Å². The fraction of sp³-hybridized carbons (Fsp3) is 0.391. The van der Waals surface area contributed by atoms with Crippen LogP contribution in [0.1, 0.15) is 47.4 Å². The van der Waals surface area contributed by atoms with Gasteiger partial charge in [-0.1, -0.05) is 0 Å². The Labute approximate surface area is 189 Å². The van der Waals surface area contributed by atoms with E-state index in [1.54, 1.807) is 60.7 Å². The van der Waals surface area contributed by atoms with E-state index in [-0.39, 0.29) is 12.7 Å². The Morgan fingerprint density at radius 1 is 1.00 bits per heavy atom. The molecule has 3 rings (SSSR count). The van der Waals surface area contributed by atoms with Crippen LogP contribution in [0, 0.1) is 0 Å². The Balaban J connectivity index is 1.81. The molecule has 1 unspecified atom stereocenters. The predicted molar refractivity (Wildman–Crippen MR) is 117 cm³/mol. The summed E-state index contributed by atoms with van der Waals surface area (Å²) in [5, 5.41) is 0. The first kappa shape index (κ1) is 23.7. The molecule has 166 valence electrons. The second-order valence-electron chi connectivity index (χ2n) is 7.44. The molecule has 8 heteroatoms. The summed E-state index contributed by atoms with van der Waals surface area (Å²) < 4.78 is 23.6. The third-order valence-corrected chi connectivity index (χ3v) is 10.9. The standard InChI is InChI=1S/C9H19NO2.2C7H6O2.Sn/c1-3-4-5-10(6-7-11)8-9(2)12;2*8-7(9)6-4-2-1-3-5-6;/h9H,3-8H2,1-2H3;2*1-5H,(H,8,9);/q-2;;;+4/p-2. The van der Waals surface area contributed by atoms with Crippen LogP contribution in [0.25, 0.3) is 0 Å². The molecule has 0 N–H and O–H groups in total. The Morgan fingerprint density at radius 3 is 2.06 bits per heavy atom. The molecule has 0 aromatic heterocycles. The van der Waals surface area contributed by atoms with Gasteiger partial charge in [0.1, 0.15) is 0 Å². The molecule has 2 aromatic rings. The van der Waals surface area contributed by atoms with Crippen LogP contribution in [0.15, 0.2) is 60.7 Å². The maximum absolute atomic E-state index is 12.8. The topological polar surface area (TPSA) is 74.3 Å². The number of carbonyl (C=O) groups is 2. The summed E-state index contributed by atoms with van der Waals surface area (Å²) in [5.41, 5.74) is 0.696. The van der Waals surface area contributed by atoms with Crippen molar-refractivity contribution in [1.82, 2.24) is 4.90 Å². The molecule has 1 atom stereocenters. The summed E-state index contributed by atoms with van der Waals surface area (Å²) in [5.74, 6) is -1.24. The average Bonchev–Trinajstić information content (AvgIpc) is 2.77. The van der Waals surface area contributed by atoms with Crippen LogP contribution in [0.4, 0.5) is 0 Å². The molecule has 0 saturated carbocycles. The van der Waals surface area contributed by atoms with Gasteiger partial charge in [0.25, 0.3) is 0 Å². The predicted octanol–water partition coefficient (Wildman–Crippen LogP) is 3.67. The summed E-state index contributed by atoms with van der Waals surface area (Å²) in [4.78, 5) is 27.9. The van der Waals surface area contributed by atoms with Crippen molar-refractivity contribution in [2.75, 3.05) is 26.2 Å². The van der Waals surface area contributed by atoms with Gasteiger partial charge in [-0.05, 0) is 0 Å². The number of carbonyl (C=O) groups excluding carboxylic acids is 2. The van der Waals surface area contributed by atoms with E-state index in [4.69, 9.17) is 12.3 Å². The molecule has 1 aliphatic rings. The first-order chi connectivity index (χ1) is 15.0. The number of hydrogen-bond donors (Lipinski definition) is 0. The second-order valence-corrected chi connectivity index (χ2v) is 13.0. The summed E-state index contributed by atoms with van der Waals surface area (Å²) in [7, 11) is 0. The third kappa shape index (κ3) is 7.03. The fourth-order valence-corrected chi connectivity index (χ4v) is 8.76. The molecule has 0 radical (unpaired) electrons. The molecule has 1 aliphatic heterocycles. The molecule has 1 fully saturated rings. The van der Waals surface area contributed by atoms with Crippen LogP contribution in [0.2, 0.25) is 0 Å². The van der Waals surface area contributed by atoms with Crippen molar-refractivity contribution in [2.24, 2.45) is 0 Å². The van der Waals surface area contributed by atoms with Gasteiger partial charge in [0.05, 0.1) is 0 Å². The maximum atomic E-state index is 12.8. The van der Waals surface area contributed by atoms with Crippen LogP contribution in [0.3, 0.4) is 0 Å². The first-order valence-electron chi connectivity index (χ1n) is 10.6. The van der Waals surface area contributed by atoms with Gasteiger partial charge in [-0.2, -0.15) is 0 Å². The van der Waals surface area contributed by atoms with Gasteiger partial charge in [0.15, 0.2) is 0 Å². The van der Waals surface area contributed by atoms with Crippen LogP contribution < -0.4 is 0 Å². The minimum absolute atomic E-state index is 0.261. The van der Waals surface area contributed by atoms with Gasteiger partial charge in [-0.15, -0.1) is 0 Å². The Hall–Kier alpha value is -1.94. The molecule has 0 aliphatic carbocycles. The van der Waals surface area contributed by atoms with Crippen molar-refractivity contribution < 1.29 is 21.9 Å². The zero-order chi connectivity index (χ0) is 22.1. The van der Waals surface area contributed by atoms with Gasteiger partial charge in [-0.25, -0.2) is 0 Å². The summed E-state index contributed by atoms with van der Waals surface area (Å²) in [6.45, 7) is 6.52. The molecule has 2 aromatic carbocycles. The molecule has 0 bridgehead atoms. The van der Waals surface area contributed by atoms with Gasteiger partial charge < -0.3 is 0 Å². The molecule has 0 spiro atoms. The van der Waals surface area contributed by atoms with Crippen molar-refractivity contribution >= 4 is 32.0 Å². The number of hydrogen-bond acceptors (Lipinski definition) is 7. The van der Waals surface area contributed by atoms with E-state index < -0.39 is 32.0 Å². The summed E-state index contributed by atoms with van der Waals surface area (Å²) in [6.07, 6.45) is 1.85. The van der Waals surface area contributed by atoms with E-state index in [9.17, 15) is 9.59 Å². The van der Waals surface area contributed by atoms with Gasteiger partial charge in [-0.3, -0.25) is 0 Å². The number of rotatable bonds is 7. The molecular formula is C23H29NO6Sn. The van der Waals surface area contributed by atoms with E-state index in [0.717, 1.165) is 19.4 Å². The molecule has 1 heterocycles. The molecule has 0 amide bonds. The molecular weight excluding hydrogens is 505 g/mol. The molecule has 7 nitrogen and oxygen atoms in total. The monoisotopic (exact) mass is 535 g/mol. The minimum atomic E-state index is -5.05. The van der Waals surface area contributed by atoms with Crippen molar-refractivity contribution in [2.45, 2.75) is 32.8 Å². The van der Waals surface area contributed by atoms with Crippen molar-refractivity contribution in [3.63, 3.8) is 0 Å². The zero-order valence-electron chi connectivity index (χ0n) is 18.0. The van der Waals surface area contributed by atoms with Crippen LogP contribution in [0.5, 0.6) is 0 Å². The van der Waals surface area contributed by atoms with E-state index in [1.807, 2.05) is 6.92 Å². The third-order valence-electron chi connectivity index (χ3n) is 4.83. The Kier molecular flexibility index (Phi) is 8.88. The zero-order valence-corrected chi connectivity index (χ0v) is 20.8. The summed E-state index contributed by atoms with van der Waals surface area (Å²) >= 11 is -5.05. The second kappa shape index (κ2) is 11.6. The van der Waals surface area contributed by atoms with Crippen molar-refractivity contribution in [3.05, 3.63) is 71.8 Å². The average molecular weight is 534 g/mol. The SMILES string of the molecule is CCCCN1CC[O][Sn]([O]C(=O)c2ccccc2)([O]C(=O)c2ccccc2)[O]C(C)C1. The first-order valence-corrected chi connectivity index (χ1v) is 15.3. The molecule has 1 saturated heterocycles. The van der Waals surface area contributed by atoms with Crippen LogP contribution in [-0.4, -0.2) is 69.2 Å². The van der Waals surface area contributed by atoms with E-state index in [1.165, 1.54) is 0 Å². The number of nitrogens with zero attached hydrogens (tertiary/aromatic N) is 1. The summed E-state index contributed by atoms with van der Waals surface area (Å²) in [6, 6.07) is 17.1. The van der Waals surface area contributed by atoms with Crippen LogP contribution >= 0.6 is 0 Å². The van der Waals surface area contributed by atoms with E-state index in [0.29, 0.717) is 24.2 Å². The number of unbranched alkanes of at least 4 members (excludes halogenated alkanes) is 1. The van der Waals surface area contributed by atoms with E-state index >= 15 is 0 Å².